The van der Waals surface area contributed by atoms with E-state index in [0.29, 0.717) is 11.3 Å². The molecule has 1 rings (SSSR count). The fourth-order valence-corrected chi connectivity index (χ4v) is 1.06. The molecule has 0 saturated carbocycles. The summed E-state index contributed by atoms with van der Waals surface area (Å²) in [6.07, 6.45) is 0. The fraction of sp³-hybridized carbons (Fsp3) is 0.429. The van der Waals surface area contributed by atoms with E-state index in [0.717, 1.165) is 0 Å². The predicted molar refractivity (Wildman–Crippen MR) is 39.6 cm³/mol. The largest absolute Gasteiger partial charge is 0.493 e. The molecule has 0 amide bonds. The van der Waals surface area contributed by atoms with Gasteiger partial charge in [0, 0.05) is 7.05 Å². The average Bonchev–Trinajstić information content (AvgIpc) is 2.07. The maximum atomic E-state index is 10.9. The molecule has 4 nitrogen and oxygen atoms in total. The van der Waals surface area contributed by atoms with Crippen LogP contribution in [0.1, 0.15) is 23.0 Å². The number of hydrogen-bond donors (Lipinski definition) is 1. The van der Waals surface area contributed by atoms with Gasteiger partial charge < -0.3 is 5.11 Å². The topological polar surface area (TPSA) is 55.1 Å². The molecule has 60 valence electrons. The van der Waals surface area contributed by atoms with E-state index in [1.165, 1.54) is 11.6 Å². The highest BCUT2D eigenvalue weighted by atomic mass is 16.3. The second kappa shape index (κ2) is 2.38. The van der Waals surface area contributed by atoms with Gasteiger partial charge in [0.05, 0.1) is 5.69 Å². The third kappa shape index (κ3) is 1.11. The van der Waals surface area contributed by atoms with E-state index in [9.17, 15) is 9.90 Å². The summed E-state index contributed by atoms with van der Waals surface area (Å²) in [6.45, 7) is 3.10. The maximum absolute atomic E-state index is 10.9. The number of aromatic nitrogens is 2. The van der Waals surface area contributed by atoms with Gasteiger partial charge in [-0.1, -0.05) is 0 Å². The lowest BCUT2D eigenvalue weighted by Gasteiger charge is -1.92. The van der Waals surface area contributed by atoms with Gasteiger partial charge in [-0.05, 0) is 13.8 Å². The Morgan fingerprint density at radius 3 is 2.36 bits per heavy atom. The summed E-state index contributed by atoms with van der Waals surface area (Å²) < 4.78 is 1.28. The molecular weight excluding hydrogens is 144 g/mol. The Balaban J connectivity index is 3.34. The zero-order valence-corrected chi connectivity index (χ0v) is 6.75. The minimum absolute atomic E-state index is 0.0602. The second-order valence-corrected chi connectivity index (χ2v) is 2.46. The Labute approximate surface area is 64.5 Å². The minimum Gasteiger partial charge on any atom is -0.493 e. The van der Waals surface area contributed by atoms with Crippen LogP contribution in [0.2, 0.25) is 0 Å². The van der Waals surface area contributed by atoms with Gasteiger partial charge in [0.25, 0.3) is 0 Å². The summed E-state index contributed by atoms with van der Waals surface area (Å²) in [7, 11) is 1.59. The van der Waals surface area contributed by atoms with Gasteiger partial charge in [-0.25, -0.2) is 4.68 Å². The van der Waals surface area contributed by atoms with Crippen molar-refractivity contribution in [2.45, 2.75) is 13.8 Å². The molecule has 1 aromatic rings. The van der Waals surface area contributed by atoms with Crippen LogP contribution in [0.15, 0.2) is 0 Å². The number of hydrogen-bond acceptors (Lipinski definition) is 3. The summed E-state index contributed by atoms with van der Waals surface area (Å²) in [6, 6.07) is 0. The number of carbonyl (C=O) groups is 1. The van der Waals surface area contributed by atoms with Gasteiger partial charge in [0.15, 0.2) is 5.78 Å². The zero-order chi connectivity index (χ0) is 8.59. The van der Waals surface area contributed by atoms with Gasteiger partial charge in [-0.15, -0.1) is 0 Å². The molecule has 0 radical (unpaired) electrons. The Hall–Kier alpha value is -1.32. The number of Topliss-reactive ketones (excluding diaryl/α,β-unsaturated/α-hetero) is 1. The molecular formula is C7H10N2O2. The SMILES string of the molecule is CC(=O)c1c(C)nn(C)c1O. The molecule has 1 N–H and O–H groups in total. The molecule has 0 aliphatic rings. The third-order valence-electron chi connectivity index (χ3n) is 1.54. The van der Waals surface area contributed by atoms with E-state index in [4.69, 9.17) is 0 Å². The second-order valence-electron chi connectivity index (χ2n) is 2.46. The highest BCUT2D eigenvalue weighted by Crippen LogP contribution is 2.19. The van der Waals surface area contributed by atoms with Crippen molar-refractivity contribution in [1.82, 2.24) is 9.78 Å². The first-order chi connectivity index (χ1) is 5.04. The molecule has 0 aliphatic carbocycles. The van der Waals surface area contributed by atoms with Crippen LogP contribution in [0.25, 0.3) is 0 Å². The first-order valence-electron chi connectivity index (χ1n) is 3.27. The molecule has 4 heteroatoms. The van der Waals surface area contributed by atoms with Crippen LogP contribution in [0.4, 0.5) is 0 Å². The van der Waals surface area contributed by atoms with Crippen molar-refractivity contribution in [2.75, 3.05) is 0 Å². The molecule has 0 unspecified atom stereocenters. The first-order valence-corrected chi connectivity index (χ1v) is 3.27. The Morgan fingerprint density at radius 1 is 1.64 bits per heavy atom. The minimum atomic E-state index is -0.159. The first kappa shape index (κ1) is 7.78. The number of rotatable bonds is 1. The summed E-state index contributed by atoms with van der Waals surface area (Å²) >= 11 is 0. The van der Waals surface area contributed by atoms with E-state index < -0.39 is 0 Å². The zero-order valence-electron chi connectivity index (χ0n) is 6.75. The van der Waals surface area contributed by atoms with Crippen LogP contribution in [0.3, 0.4) is 0 Å². The average molecular weight is 154 g/mol. The molecule has 0 spiro atoms. The molecule has 0 saturated heterocycles. The molecule has 0 atom stereocenters. The van der Waals surface area contributed by atoms with Crippen molar-refractivity contribution in [3.05, 3.63) is 11.3 Å². The van der Waals surface area contributed by atoms with E-state index >= 15 is 0 Å². The highest BCUT2D eigenvalue weighted by Gasteiger charge is 2.15. The number of nitrogens with zero attached hydrogens (tertiary/aromatic N) is 2. The smallest absolute Gasteiger partial charge is 0.220 e. The predicted octanol–water partition coefficient (Wildman–Crippen LogP) is 0.637. The van der Waals surface area contributed by atoms with Gasteiger partial charge in [0.1, 0.15) is 5.56 Å². The number of ketones is 1. The maximum Gasteiger partial charge on any atom is 0.220 e. The van der Waals surface area contributed by atoms with E-state index in [2.05, 4.69) is 5.10 Å². The Morgan fingerprint density at radius 2 is 2.18 bits per heavy atom. The number of aromatic hydroxyl groups is 1. The van der Waals surface area contributed by atoms with Crippen LogP contribution in [0.5, 0.6) is 5.88 Å². The molecule has 0 bridgehead atoms. The summed E-state index contributed by atoms with van der Waals surface area (Å²) in [5, 5.41) is 13.1. The molecule has 0 aromatic carbocycles. The quantitative estimate of drug-likeness (QED) is 0.604. The van der Waals surface area contributed by atoms with Gasteiger partial charge in [0.2, 0.25) is 5.88 Å². The number of aryl methyl sites for hydroxylation is 2. The van der Waals surface area contributed by atoms with Crippen LogP contribution in [0, 0.1) is 6.92 Å². The van der Waals surface area contributed by atoms with Crippen molar-refractivity contribution in [3.8, 4) is 5.88 Å². The van der Waals surface area contributed by atoms with Crippen LogP contribution >= 0.6 is 0 Å². The highest BCUT2D eigenvalue weighted by molar-refractivity contribution is 5.97. The molecule has 11 heavy (non-hydrogen) atoms. The lowest BCUT2D eigenvalue weighted by molar-refractivity contribution is 0.101. The van der Waals surface area contributed by atoms with E-state index in [1.54, 1.807) is 14.0 Å². The van der Waals surface area contributed by atoms with Crippen molar-refractivity contribution < 1.29 is 9.90 Å². The Bertz CT molecular complexity index is 302. The summed E-state index contributed by atoms with van der Waals surface area (Å²) in [4.78, 5) is 10.9. The van der Waals surface area contributed by atoms with Crippen molar-refractivity contribution in [2.24, 2.45) is 7.05 Å². The number of carbonyl (C=O) groups excluding carboxylic acids is 1. The summed E-state index contributed by atoms with van der Waals surface area (Å²) in [5.41, 5.74) is 0.880. The lowest BCUT2D eigenvalue weighted by Crippen LogP contribution is -1.92. The fourth-order valence-electron chi connectivity index (χ4n) is 1.06. The monoisotopic (exact) mass is 154 g/mol. The third-order valence-corrected chi connectivity index (χ3v) is 1.54. The van der Waals surface area contributed by atoms with E-state index in [-0.39, 0.29) is 11.7 Å². The van der Waals surface area contributed by atoms with Crippen LogP contribution < -0.4 is 0 Å². The molecule has 0 aliphatic heterocycles. The van der Waals surface area contributed by atoms with Crippen LogP contribution in [-0.4, -0.2) is 20.7 Å². The molecule has 1 aromatic heterocycles. The van der Waals surface area contributed by atoms with Gasteiger partial charge in [-0.3, -0.25) is 4.79 Å². The molecule has 0 fully saturated rings. The Kier molecular flexibility index (Phi) is 1.68. The van der Waals surface area contributed by atoms with Crippen LogP contribution in [-0.2, 0) is 7.05 Å². The lowest BCUT2D eigenvalue weighted by atomic mass is 10.2. The standard InChI is InChI=1S/C7H10N2O2/c1-4-6(5(2)10)7(11)9(3)8-4/h11H,1-3H3. The van der Waals surface area contributed by atoms with Gasteiger partial charge >= 0.3 is 0 Å². The normalized spacial score (nSPS) is 10.1. The van der Waals surface area contributed by atoms with Gasteiger partial charge in [-0.2, -0.15) is 5.10 Å². The summed E-state index contributed by atoms with van der Waals surface area (Å²) in [5.74, 6) is -0.219. The van der Waals surface area contributed by atoms with E-state index in [1.807, 2.05) is 0 Å². The van der Waals surface area contributed by atoms with Crippen molar-refractivity contribution in [1.29, 1.82) is 0 Å². The molecule has 1 heterocycles. The van der Waals surface area contributed by atoms with Crippen molar-refractivity contribution in [3.63, 3.8) is 0 Å². The van der Waals surface area contributed by atoms with Crippen molar-refractivity contribution >= 4 is 5.78 Å².